The molecule has 0 heterocycles. The van der Waals surface area contributed by atoms with Crippen LogP contribution in [0.4, 0.5) is 0 Å². The summed E-state index contributed by atoms with van der Waals surface area (Å²) in [4.78, 5) is 72.9. The van der Waals surface area contributed by atoms with Gasteiger partial charge in [0.2, 0.25) is 0 Å². The molecule has 19 heteroatoms. The van der Waals surface area contributed by atoms with Gasteiger partial charge in [0.1, 0.15) is 19.3 Å². The summed E-state index contributed by atoms with van der Waals surface area (Å²) < 4.78 is 68.4. The van der Waals surface area contributed by atoms with Crippen LogP contribution in [-0.2, 0) is 65.4 Å². The van der Waals surface area contributed by atoms with Gasteiger partial charge in [-0.15, -0.1) is 0 Å². The molecule has 0 amide bonds. The van der Waals surface area contributed by atoms with Crippen molar-refractivity contribution in [3.63, 3.8) is 0 Å². The summed E-state index contributed by atoms with van der Waals surface area (Å²) in [5, 5.41) is 10.6. The number of hydrogen-bond donors (Lipinski definition) is 3. The first-order valence-electron chi connectivity index (χ1n) is 39.8. The van der Waals surface area contributed by atoms with E-state index < -0.39 is 97.5 Å². The zero-order chi connectivity index (χ0) is 74.6. The van der Waals surface area contributed by atoms with Crippen LogP contribution in [0.5, 0.6) is 0 Å². The SMILES string of the molecule is CCCCC/C=C\C/C=C\C/C=C\C/C=C\CCCC(=O)OC[C@H](COP(=O)(O)OC[C@H](O)COP(=O)(O)OC[C@@H](COC(=O)CCCCCCC/C=C\CCCCCCCC)OC(=O)CCCCCCC/C=C\CCCCCC)OC(=O)CCC/C=C\C/C=C\C/C=C\C/C=C\CCCCC. The number of carbonyl (C=O) groups excluding carboxylic acids is 4. The van der Waals surface area contributed by atoms with E-state index in [-0.39, 0.29) is 25.7 Å². The third kappa shape index (κ3) is 73.8. The fraction of sp³-hybridized carbons (Fsp3) is 0.711. The van der Waals surface area contributed by atoms with Crippen molar-refractivity contribution in [3.05, 3.63) is 122 Å². The number of hydrogen-bond acceptors (Lipinski definition) is 15. The summed E-state index contributed by atoms with van der Waals surface area (Å²) in [5.74, 6) is -2.32. The van der Waals surface area contributed by atoms with Crippen LogP contribution in [0.15, 0.2) is 122 Å². The highest BCUT2D eigenvalue weighted by Crippen LogP contribution is 2.45. The van der Waals surface area contributed by atoms with Gasteiger partial charge < -0.3 is 33.8 Å². The van der Waals surface area contributed by atoms with E-state index >= 15 is 0 Å². The number of aliphatic hydroxyl groups excluding tert-OH is 1. The lowest BCUT2D eigenvalue weighted by Gasteiger charge is -2.21. The molecule has 0 aliphatic rings. The van der Waals surface area contributed by atoms with E-state index in [0.29, 0.717) is 38.5 Å². The molecule has 0 aromatic heterocycles. The van der Waals surface area contributed by atoms with Crippen molar-refractivity contribution in [2.45, 2.75) is 341 Å². The van der Waals surface area contributed by atoms with Crippen molar-refractivity contribution in [2.24, 2.45) is 0 Å². The molecule has 0 rings (SSSR count). The first-order valence-corrected chi connectivity index (χ1v) is 42.8. The quantitative estimate of drug-likeness (QED) is 0.0169. The summed E-state index contributed by atoms with van der Waals surface area (Å²) >= 11 is 0. The lowest BCUT2D eigenvalue weighted by atomic mass is 10.1. The highest BCUT2D eigenvalue weighted by Gasteiger charge is 2.30. The predicted molar refractivity (Wildman–Crippen MR) is 418 cm³/mol. The predicted octanol–water partition coefficient (Wildman–Crippen LogP) is 23.1. The van der Waals surface area contributed by atoms with Crippen molar-refractivity contribution < 1.29 is 80.2 Å². The topological polar surface area (TPSA) is 237 Å². The summed E-state index contributed by atoms with van der Waals surface area (Å²) in [5.41, 5.74) is 0. The highest BCUT2D eigenvalue weighted by atomic mass is 31.2. The first-order chi connectivity index (χ1) is 49.7. The summed E-state index contributed by atoms with van der Waals surface area (Å²) in [6.07, 6.45) is 81.9. The van der Waals surface area contributed by atoms with Gasteiger partial charge >= 0.3 is 39.5 Å². The Balaban J connectivity index is 5.47. The number of phosphoric ester groups is 2. The number of unbranched alkanes of at least 4 members (excludes halogenated alkanes) is 28. The molecule has 0 saturated heterocycles. The van der Waals surface area contributed by atoms with E-state index in [1.807, 2.05) is 24.3 Å². The largest absolute Gasteiger partial charge is 0.472 e. The number of ether oxygens (including phenoxy) is 4. The molecule has 0 spiro atoms. The molecule has 5 atom stereocenters. The molecule has 0 aliphatic carbocycles. The van der Waals surface area contributed by atoms with Crippen LogP contribution >= 0.6 is 15.6 Å². The number of rotatable bonds is 74. The second kappa shape index (κ2) is 74.7. The van der Waals surface area contributed by atoms with Gasteiger partial charge in [-0.05, 0) is 154 Å². The monoisotopic (exact) mass is 1470 g/mol. The summed E-state index contributed by atoms with van der Waals surface area (Å²) in [6, 6.07) is 0. The van der Waals surface area contributed by atoms with Gasteiger partial charge in [0, 0.05) is 25.7 Å². The van der Waals surface area contributed by atoms with Gasteiger partial charge in [-0.2, -0.15) is 0 Å². The minimum Gasteiger partial charge on any atom is -0.462 e. The fourth-order valence-corrected chi connectivity index (χ4v) is 11.8. The molecule has 102 heavy (non-hydrogen) atoms. The molecule has 0 radical (unpaired) electrons. The second-order valence-electron chi connectivity index (χ2n) is 26.3. The molecule has 0 bridgehead atoms. The van der Waals surface area contributed by atoms with E-state index in [1.165, 1.54) is 103 Å². The molecular formula is C83H142O17P2. The maximum atomic E-state index is 13.1. The standard InChI is InChI=1S/C83H142O17P2/c1-5-9-13-17-21-25-29-33-36-38-41-45-48-52-56-60-64-68-81(86)94-74-79(100-83(88)70-66-62-58-54-50-46-42-39-37-34-30-26-22-18-14-10-6-2)76-98-102(91,92)96-72-77(84)71-95-101(89,90)97-75-78(99-82(87)69-65-61-57-53-49-43-32-28-24-20-16-12-8-4)73-93-80(85)67-63-59-55-51-47-44-40-35-31-27-23-19-15-11-7-3/h21-22,25-26,28,32-37,40-42,45-46,52,54,56,58,77-79,84H,5-20,23-24,27,29-31,38-39,43-44,47-51,53,55,57,59-76H2,1-4H3,(H,89,90)(H,91,92)/b25-21-,26-22-,32-28-,36-33-,37-34-,40-35-,45-41-,46-42-,56-52-,58-54-/t77-,78-,79-/m1/s1. The Hall–Kier alpha value is -4.54. The van der Waals surface area contributed by atoms with Crippen molar-refractivity contribution in [1.82, 2.24) is 0 Å². The lowest BCUT2D eigenvalue weighted by Crippen LogP contribution is -2.30. The van der Waals surface area contributed by atoms with E-state index in [9.17, 15) is 43.2 Å². The highest BCUT2D eigenvalue weighted by molar-refractivity contribution is 7.47. The van der Waals surface area contributed by atoms with Gasteiger partial charge in [0.05, 0.1) is 26.4 Å². The first kappa shape index (κ1) is 97.5. The maximum absolute atomic E-state index is 13.1. The second-order valence-corrected chi connectivity index (χ2v) is 29.2. The third-order valence-electron chi connectivity index (χ3n) is 16.4. The van der Waals surface area contributed by atoms with Gasteiger partial charge in [0.25, 0.3) is 0 Å². The normalized spacial score (nSPS) is 14.5. The van der Waals surface area contributed by atoms with Crippen LogP contribution in [0, 0.1) is 0 Å². The van der Waals surface area contributed by atoms with Crippen LogP contribution in [0.25, 0.3) is 0 Å². The summed E-state index contributed by atoms with van der Waals surface area (Å²) in [7, 11) is -9.99. The Labute approximate surface area is 619 Å². The Morgan fingerprint density at radius 3 is 0.824 bits per heavy atom. The lowest BCUT2D eigenvalue weighted by molar-refractivity contribution is -0.161. The van der Waals surface area contributed by atoms with E-state index in [1.54, 1.807) is 0 Å². The van der Waals surface area contributed by atoms with Crippen molar-refractivity contribution in [3.8, 4) is 0 Å². The molecule has 0 fully saturated rings. The number of allylic oxidation sites excluding steroid dienone is 20. The smallest absolute Gasteiger partial charge is 0.462 e. The molecule has 0 aromatic rings. The minimum atomic E-state index is -5.01. The Kier molecular flexibility index (Phi) is 71.4. The molecule has 17 nitrogen and oxygen atoms in total. The van der Waals surface area contributed by atoms with Crippen LogP contribution in [0.2, 0.25) is 0 Å². The van der Waals surface area contributed by atoms with Crippen LogP contribution in [0.1, 0.15) is 323 Å². The van der Waals surface area contributed by atoms with Gasteiger partial charge in [-0.3, -0.25) is 37.3 Å². The Bertz CT molecular complexity index is 2410. The molecule has 0 aliphatic heterocycles. The fourth-order valence-electron chi connectivity index (χ4n) is 10.3. The summed E-state index contributed by atoms with van der Waals surface area (Å²) in [6.45, 7) is 4.67. The number of carbonyl (C=O) groups is 4. The molecule has 0 saturated carbocycles. The van der Waals surface area contributed by atoms with Gasteiger partial charge in [-0.1, -0.05) is 265 Å². The van der Waals surface area contributed by atoms with Crippen molar-refractivity contribution in [2.75, 3.05) is 39.6 Å². The average molecular weight is 1470 g/mol. The zero-order valence-electron chi connectivity index (χ0n) is 64.0. The van der Waals surface area contributed by atoms with Gasteiger partial charge in [0.15, 0.2) is 12.2 Å². The average Bonchev–Trinajstić information content (AvgIpc) is 0.959. The molecule has 3 N–H and O–H groups in total. The molecule has 2 unspecified atom stereocenters. The zero-order valence-corrected chi connectivity index (χ0v) is 65.8. The van der Waals surface area contributed by atoms with Crippen molar-refractivity contribution in [1.29, 1.82) is 0 Å². The van der Waals surface area contributed by atoms with Gasteiger partial charge in [-0.25, -0.2) is 9.13 Å². The van der Waals surface area contributed by atoms with Crippen LogP contribution in [-0.4, -0.2) is 96.7 Å². The number of phosphoric acid groups is 2. The van der Waals surface area contributed by atoms with Crippen molar-refractivity contribution >= 4 is 39.5 Å². The molecule has 0 aromatic carbocycles. The molecule has 586 valence electrons. The van der Waals surface area contributed by atoms with E-state index in [0.717, 1.165) is 128 Å². The third-order valence-corrected chi connectivity index (χ3v) is 18.3. The maximum Gasteiger partial charge on any atom is 0.472 e. The van der Waals surface area contributed by atoms with E-state index in [2.05, 4.69) is 125 Å². The minimum absolute atomic E-state index is 0.00505. The van der Waals surface area contributed by atoms with Crippen LogP contribution in [0.3, 0.4) is 0 Å². The number of aliphatic hydroxyl groups is 1. The van der Waals surface area contributed by atoms with Crippen LogP contribution < -0.4 is 0 Å². The Morgan fingerprint density at radius 2 is 0.490 bits per heavy atom. The Morgan fingerprint density at radius 1 is 0.275 bits per heavy atom. The van der Waals surface area contributed by atoms with E-state index in [4.69, 9.17) is 37.0 Å². The molecular weight excluding hydrogens is 1330 g/mol. The number of esters is 4.